The molecule has 0 fully saturated rings. The number of hydrogen-bond donors (Lipinski definition) is 2. The summed E-state index contributed by atoms with van der Waals surface area (Å²) in [4.78, 5) is 10.4. The molecule has 1 aliphatic rings. The molecule has 1 aromatic carbocycles. The van der Waals surface area contributed by atoms with Crippen LogP contribution in [0.2, 0.25) is 0 Å². The van der Waals surface area contributed by atoms with E-state index in [0.29, 0.717) is 29.9 Å². The summed E-state index contributed by atoms with van der Waals surface area (Å²) in [6.07, 6.45) is 3.67. The van der Waals surface area contributed by atoms with E-state index in [9.17, 15) is 9.90 Å². The van der Waals surface area contributed by atoms with Crippen molar-refractivity contribution in [3.8, 4) is 5.75 Å². The Morgan fingerprint density at radius 3 is 3.12 bits per heavy atom. The highest BCUT2D eigenvalue weighted by Gasteiger charge is 2.18. The summed E-state index contributed by atoms with van der Waals surface area (Å²) in [5, 5.41) is 9.81. The van der Waals surface area contributed by atoms with Crippen LogP contribution in [0.1, 0.15) is 23.7 Å². The van der Waals surface area contributed by atoms with Gasteiger partial charge in [0.15, 0.2) is 0 Å². The molecule has 0 saturated heterocycles. The van der Waals surface area contributed by atoms with E-state index in [2.05, 4.69) is 0 Å². The van der Waals surface area contributed by atoms with Gasteiger partial charge in [0.1, 0.15) is 18.6 Å². The van der Waals surface area contributed by atoms with Gasteiger partial charge in [-0.1, -0.05) is 12.1 Å². The second-order valence-corrected chi connectivity index (χ2v) is 3.62. The number of anilines is 1. The number of aliphatic hydroxyl groups is 1. The van der Waals surface area contributed by atoms with Crippen LogP contribution in [0.15, 0.2) is 18.2 Å². The molecule has 1 heterocycles. The Morgan fingerprint density at radius 2 is 2.38 bits per heavy atom. The van der Waals surface area contributed by atoms with Crippen LogP contribution in [0, 0.1) is 0 Å². The van der Waals surface area contributed by atoms with E-state index in [1.807, 2.05) is 12.2 Å². The Bertz CT molecular complexity index is 440. The smallest absolute Gasteiger partial charge is 0.150 e. The number of carbonyl (C=O) groups is 1. The number of nitrogens with two attached hydrogens (primary N) is 1. The minimum absolute atomic E-state index is 0.0736. The first-order valence-corrected chi connectivity index (χ1v) is 5.07. The molecule has 0 amide bonds. The van der Waals surface area contributed by atoms with Crippen molar-refractivity contribution >= 4 is 18.0 Å². The van der Waals surface area contributed by atoms with Crippen molar-refractivity contribution in [1.29, 1.82) is 0 Å². The first kappa shape index (κ1) is 10.7. The van der Waals surface area contributed by atoms with Crippen LogP contribution in [0.5, 0.6) is 5.75 Å². The third-order valence-corrected chi connectivity index (χ3v) is 2.55. The second-order valence-electron chi connectivity index (χ2n) is 3.62. The molecule has 2 rings (SSSR count). The summed E-state index contributed by atoms with van der Waals surface area (Å²) in [5.74, 6) is 0.588. The van der Waals surface area contributed by atoms with Gasteiger partial charge in [0, 0.05) is 12.0 Å². The summed E-state index contributed by atoms with van der Waals surface area (Å²) < 4.78 is 5.41. The SMILES string of the molecule is Nc1ccc(C(O)CC=O)c2c1OCC=C2. The molecule has 0 aromatic heterocycles. The average Bonchev–Trinajstić information content (AvgIpc) is 2.30. The summed E-state index contributed by atoms with van der Waals surface area (Å²) >= 11 is 0. The maximum Gasteiger partial charge on any atom is 0.150 e. The maximum absolute atomic E-state index is 10.4. The molecule has 0 radical (unpaired) electrons. The number of aldehydes is 1. The highest BCUT2D eigenvalue weighted by molar-refractivity contribution is 5.72. The molecule has 1 aliphatic heterocycles. The summed E-state index contributed by atoms with van der Waals surface area (Å²) in [6, 6.07) is 3.41. The average molecular weight is 219 g/mol. The molecule has 84 valence electrons. The molecule has 4 nitrogen and oxygen atoms in total. The molecule has 16 heavy (non-hydrogen) atoms. The fraction of sp³-hybridized carbons (Fsp3) is 0.250. The van der Waals surface area contributed by atoms with Gasteiger partial charge >= 0.3 is 0 Å². The van der Waals surface area contributed by atoms with Gasteiger partial charge < -0.3 is 20.4 Å². The number of carbonyl (C=O) groups excluding carboxylic acids is 1. The summed E-state index contributed by atoms with van der Waals surface area (Å²) in [7, 11) is 0. The van der Waals surface area contributed by atoms with Gasteiger partial charge in [-0.3, -0.25) is 0 Å². The first-order valence-electron chi connectivity index (χ1n) is 5.07. The molecule has 1 atom stereocenters. The summed E-state index contributed by atoms with van der Waals surface area (Å²) in [5.41, 5.74) is 7.76. The van der Waals surface area contributed by atoms with Crippen LogP contribution in [0.3, 0.4) is 0 Å². The van der Waals surface area contributed by atoms with Crippen LogP contribution in [-0.4, -0.2) is 18.0 Å². The van der Waals surface area contributed by atoms with Crippen molar-refractivity contribution in [2.45, 2.75) is 12.5 Å². The number of fused-ring (bicyclic) bond motifs is 1. The molecule has 0 saturated carbocycles. The zero-order valence-corrected chi connectivity index (χ0v) is 8.72. The van der Waals surface area contributed by atoms with Crippen LogP contribution < -0.4 is 10.5 Å². The van der Waals surface area contributed by atoms with Gasteiger partial charge in [0.25, 0.3) is 0 Å². The topological polar surface area (TPSA) is 72.5 Å². The van der Waals surface area contributed by atoms with E-state index >= 15 is 0 Å². The molecule has 1 unspecified atom stereocenters. The van der Waals surface area contributed by atoms with E-state index in [-0.39, 0.29) is 6.42 Å². The first-order chi connectivity index (χ1) is 7.74. The number of ether oxygens (including phenoxy) is 1. The van der Waals surface area contributed by atoms with Crippen LogP contribution in [-0.2, 0) is 4.79 Å². The Balaban J connectivity index is 2.48. The lowest BCUT2D eigenvalue weighted by Crippen LogP contribution is -2.08. The van der Waals surface area contributed by atoms with E-state index in [4.69, 9.17) is 10.5 Å². The Kier molecular flexibility index (Phi) is 2.92. The van der Waals surface area contributed by atoms with E-state index in [1.54, 1.807) is 12.1 Å². The number of benzene rings is 1. The number of aliphatic hydroxyl groups excluding tert-OH is 1. The molecular weight excluding hydrogens is 206 g/mol. The number of nitrogen functional groups attached to an aromatic ring is 1. The molecule has 0 spiro atoms. The lowest BCUT2D eigenvalue weighted by atomic mass is 9.97. The van der Waals surface area contributed by atoms with E-state index in [0.717, 1.165) is 5.56 Å². The van der Waals surface area contributed by atoms with Gasteiger partial charge in [-0.2, -0.15) is 0 Å². The quantitative estimate of drug-likeness (QED) is 0.593. The Morgan fingerprint density at radius 1 is 1.56 bits per heavy atom. The predicted octanol–water partition coefficient (Wildman–Crippen LogP) is 1.30. The third kappa shape index (κ3) is 1.79. The fourth-order valence-corrected chi connectivity index (χ4v) is 1.77. The second kappa shape index (κ2) is 4.37. The van der Waals surface area contributed by atoms with Crippen molar-refractivity contribution in [2.75, 3.05) is 12.3 Å². The molecule has 3 N–H and O–H groups in total. The zero-order chi connectivity index (χ0) is 11.5. The normalized spacial score (nSPS) is 15.1. The lowest BCUT2D eigenvalue weighted by molar-refractivity contribution is -0.109. The number of rotatable bonds is 3. The minimum atomic E-state index is -0.807. The van der Waals surface area contributed by atoms with E-state index in [1.165, 1.54) is 0 Å². The van der Waals surface area contributed by atoms with E-state index < -0.39 is 6.10 Å². The zero-order valence-electron chi connectivity index (χ0n) is 8.72. The van der Waals surface area contributed by atoms with Gasteiger partial charge in [-0.15, -0.1) is 0 Å². The van der Waals surface area contributed by atoms with Crippen molar-refractivity contribution in [1.82, 2.24) is 0 Å². The molecule has 1 aromatic rings. The van der Waals surface area contributed by atoms with Gasteiger partial charge in [-0.05, 0) is 17.7 Å². The molecular formula is C12H13NO3. The van der Waals surface area contributed by atoms with Crippen molar-refractivity contribution in [3.63, 3.8) is 0 Å². The maximum atomic E-state index is 10.4. The third-order valence-electron chi connectivity index (χ3n) is 2.55. The van der Waals surface area contributed by atoms with Crippen LogP contribution >= 0.6 is 0 Å². The van der Waals surface area contributed by atoms with Crippen LogP contribution in [0.4, 0.5) is 5.69 Å². The van der Waals surface area contributed by atoms with Gasteiger partial charge in [-0.25, -0.2) is 0 Å². The highest BCUT2D eigenvalue weighted by atomic mass is 16.5. The molecule has 0 aliphatic carbocycles. The van der Waals surface area contributed by atoms with Crippen molar-refractivity contribution < 1.29 is 14.6 Å². The van der Waals surface area contributed by atoms with Crippen molar-refractivity contribution in [2.24, 2.45) is 0 Å². The van der Waals surface area contributed by atoms with Gasteiger partial charge in [0.05, 0.1) is 11.8 Å². The minimum Gasteiger partial charge on any atom is -0.487 e. The standard InChI is InChI=1S/C12H13NO3/c13-10-4-3-8(11(15)5-6-14)9-2-1-7-16-12(9)10/h1-4,6,11,15H,5,7,13H2. The van der Waals surface area contributed by atoms with Gasteiger partial charge in [0.2, 0.25) is 0 Å². The predicted molar refractivity (Wildman–Crippen MR) is 61.0 cm³/mol. The highest BCUT2D eigenvalue weighted by Crippen LogP contribution is 2.36. The Hall–Kier alpha value is -1.81. The lowest BCUT2D eigenvalue weighted by Gasteiger charge is -2.19. The monoisotopic (exact) mass is 219 g/mol. The molecule has 4 heteroatoms. The number of hydrogen-bond acceptors (Lipinski definition) is 4. The Labute approximate surface area is 93.3 Å². The fourth-order valence-electron chi connectivity index (χ4n) is 1.77. The molecule has 0 bridgehead atoms. The summed E-state index contributed by atoms with van der Waals surface area (Å²) in [6.45, 7) is 0.477. The van der Waals surface area contributed by atoms with Crippen molar-refractivity contribution in [3.05, 3.63) is 29.3 Å². The van der Waals surface area contributed by atoms with Crippen LogP contribution in [0.25, 0.3) is 6.08 Å². The largest absolute Gasteiger partial charge is 0.487 e.